The highest BCUT2D eigenvalue weighted by Gasteiger charge is 2.82. The fourth-order valence-corrected chi connectivity index (χ4v) is 12.3. The lowest BCUT2D eigenvalue weighted by molar-refractivity contribution is 0.293. The van der Waals surface area contributed by atoms with Crippen LogP contribution >= 0.6 is 0 Å². The molecule has 1 aliphatic carbocycles. The third kappa shape index (κ3) is 5.44. The van der Waals surface area contributed by atoms with E-state index >= 15 is 0 Å². The molecule has 0 saturated heterocycles. The Bertz CT molecular complexity index is 2510. The van der Waals surface area contributed by atoms with E-state index in [4.69, 9.17) is 16.5 Å². The van der Waals surface area contributed by atoms with Crippen molar-refractivity contribution in [2.45, 2.75) is 106 Å². The number of aromatic nitrogens is 2. The Morgan fingerprint density at radius 2 is 1.36 bits per heavy atom. The third-order valence-corrected chi connectivity index (χ3v) is 14.7. The van der Waals surface area contributed by atoms with Crippen LogP contribution in [0.1, 0.15) is 95.5 Å². The Morgan fingerprint density at radius 3 is 1.98 bits per heavy atom. The largest absolute Gasteiger partial charge is 0.322 e. The number of anilines is 6. The molecule has 5 unspecified atom stereocenters. The first-order valence-electron chi connectivity index (χ1n) is 21.8. The zero-order valence-electron chi connectivity index (χ0n) is 36.7. The van der Waals surface area contributed by atoms with Crippen molar-refractivity contribution >= 4 is 40.0 Å². The zero-order valence-corrected chi connectivity index (χ0v) is 36.7. The normalized spacial score (nSPS) is 24.4. The van der Waals surface area contributed by atoms with Gasteiger partial charge in [0.1, 0.15) is 12.3 Å². The second-order valence-electron chi connectivity index (χ2n) is 17.8. The maximum Gasteiger partial charge on any atom is 0.178 e. The molecule has 9 rings (SSSR count). The number of hydrogen-bond acceptors (Lipinski definition) is 6. The minimum absolute atomic E-state index is 0.0520. The maximum atomic E-state index is 5.10. The highest BCUT2D eigenvalue weighted by molar-refractivity contribution is 5.86. The first kappa shape index (κ1) is 38.9. The van der Waals surface area contributed by atoms with Crippen molar-refractivity contribution in [3.63, 3.8) is 0 Å². The smallest absolute Gasteiger partial charge is 0.178 e. The molecule has 1 saturated carbocycles. The Hall–Kier alpha value is -5.62. The van der Waals surface area contributed by atoms with Crippen LogP contribution in [0.15, 0.2) is 133 Å². The molecular weight excluding hydrogens is 721 g/mol. The number of aryl methyl sites for hydroxylation is 3. The maximum absolute atomic E-state index is 5.10. The van der Waals surface area contributed by atoms with Crippen LogP contribution in [0.5, 0.6) is 0 Å². The summed E-state index contributed by atoms with van der Waals surface area (Å²) in [5.41, 5.74) is 16.3. The van der Waals surface area contributed by atoms with Crippen LogP contribution in [0.3, 0.4) is 0 Å². The van der Waals surface area contributed by atoms with Crippen molar-refractivity contribution in [2.24, 2.45) is 17.3 Å². The third-order valence-electron chi connectivity index (χ3n) is 14.7. The minimum atomic E-state index is -0.0863. The van der Waals surface area contributed by atoms with Crippen LogP contribution in [0.2, 0.25) is 0 Å². The number of nitrogens with zero attached hydrogens (tertiary/aromatic N) is 6. The predicted octanol–water partition coefficient (Wildman–Crippen LogP) is 13.3. The van der Waals surface area contributed by atoms with Crippen LogP contribution in [0, 0.1) is 38.0 Å². The average Bonchev–Trinajstić information content (AvgIpc) is 3.53. The lowest BCUT2D eigenvalue weighted by Gasteiger charge is -2.48. The molecule has 302 valence electrons. The predicted molar refractivity (Wildman–Crippen MR) is 248 cm³/mol. The van der Waals surface area contributed by atoms with E-state index in [-0.39, 0.29) is 23.2 Å². The Labute approximate surface area is 352 Å². The standard InChI is InChI=1S/C53H60N6/c1-12-43(33(4)5)37(9)40-24-25-44-46(31-40)57-39(11)38(10)56(42-29-34(6)28-35(7)30-42)51(57)53(14-3)47(52(44,53)13-2)32-48-58(41-21-16-15-17-22-41)49-50(55-27-26-54-49)59(48)45-23-19-18-20-36(45)8/h12,15-31,33,47-48,51H,9,13-14,32H2,1-8,10-11H3. The number of allylic oxidation sites excluding steroid dienone is 5. The van der Waals surface area contributed by atoms with E-state index in [9.17, 15) is 0 Å². The highest BCUT2D eigenvalue weighted by atomic mass is 15.5. The van der Waals surface area contributed by atoms with Gasteiger partial charge in [-0.1, -0.05) is 94.9 Å². The molecule has 0 amide bonds. The SMILES string of the molecule is C=C(C(=CC)C(C)C)c1ccc2c(c1)N1C(C)=C(C)N(c3cc(C)cc(C)c3)C1C1(CC)C(CC3N(c4ccccc4)c4nccnc4N3c3ccccc3C)C21CC. The summed E-state index contributed by atoms with van der Waals surface area (Å²) in [6.07, 6.45) is 9.00. The summed E-state index contributed by atoms with van der Waals surface area (Å²) in [5.74, 6) is 2.54. The molecule has 5 atom stereocenters. The highest BCUT2D eigenvalue weighted by Crippen LogP contribution is 2.82. The average molecular weight is 781 g/mol. The molecule has 5 aromatic rings. The van der Waals surface area contributed by atoms with E-state index in [2.05, 4.69) is 186 Å². The molecular formula is C53H60N6. The van der Waals surface area contributed by atoms with Gasteiger partial charge in [0, 0.05) is 57.4 Å². The van der Waals surface area contributed by atoms with Gasteiger partial charge in [-0.05, 0) is 148 Å². The summed E-state index contributed by atoms with van der Waals surface area (Å²) < 4.78 is 0. The van der Waals surface area contributed by atoms with Gasteiger partial charge in [-0.2, -0.15) is 0 Å². The lowest BCUT2D eigenvalue weighted by Crippen LogP contribution is -2.53. The molecule has 0 bridgehead atoms. The quantitative estimate of drug-likeness (QED) is 0.131. The summed E-state index contributed by atoms with van der Waals surface area (Å²) in [6.45, 7) is 27.7. The van der Waals surface area contributed by atoms with Crippen LogP contribution in [-0.4, -0.2) is 22.3 Å². The zero-order chi connectivity index (χ0) is 41.5. The van der Waals surface area contributed by atoms with Crippen molar-refractivity contribution in [1.82, 2.24) is 9.97 Å². The second-order valence-corrected chi connectivity index (χ2v) is 17.8. The second kappa shape index (κ2) is 14.3. The van der Waals surface area contributed by atoms with Crippen molar-refractivity contribution in [3.8, 4) is 0 Å². The van der Waals surface area contributed by atoms with Crippen LogP contribution in [-0.2, 0) is 5.41 Å². The molecule has 0 N–H and O–H groups in total. The number of fused-ring (bicyclic) bond motifs is 7. The molecule has 6 heteroatoms. The fraction of sp³-hybridized carbons (Fsp3) is 0.358. The summed E-state index contributed by atoms with van der Waals surface area (Å²) in [5, 5.41) is 0. The van der Waals surface area contributed by atoms with Gasteiger partial charge >= 0.3 is 0 Å². The van der Waals surface area contributed by atoms with E-state index in [1.165, 1.54) is 61.8 Å². The van der Waals surface area contributed by atoms with Gasteiger partial charge < -0.3 is 19.6 Å². The summed E-state index contributed by atoms with van der Waals surface area (Å²) in [6, 6.07) is 34.1. The molecule has 1 aromatic heterocycles. The van der Waals surface area contributed by atoms with Gasteiger partial charge in [0.25, 0.3) is 0 Å². The van der Waals surface area contributed by atoms with Gasteiger partial charge in [-0.15, -0.1) is 0 Å². The van der Waals surface area contributed by atoms with E-state index in [1.54, 1.807) is 0 Å². The van der Waals surface area contributed by atoms with Crippen molar-refractivity contribution in [3.05, 3.63) is 161 Å². The molecule has 4 heterocycles. The molecule has 0 radical (unpaired) electrons. The topological polar surface area (TPSA) is 38.7 Å². The Kier molecular flexibility index (Phi) is 9.41. The van der Waals surface area contributed by atoms with E-state index < -0.39 is 0 Å². The molecule has 6 nitrogen and oxygen atoms in total. The molecule has 59 heavy (non-hydrogen) atoms. The van der Waals surface area contributed by atoms with Crippen LogP contribution in [0.4, 0.5) is 34.4 Å². The van der Waals surface area contributed by atoms with Crippen molar-refractivity contribution in [1.29, 1.82) is 0 Å². The summed E-state index contributed by atoms with van der Waals surface area (Å²) >= 11 is 0. The molecule has 3 aliphatic heterocycles. The summed E-state index contributed by atoms with van der Waals surface area (Å²) in [7, 11) is 0. The monoisotopic (exact) mass is 780 g/mol. The number of para-hydroxylation sites is 2. The van der Waals surface area contributed by atoms with E-state index in [0.29, 0.717) is 11.8 Å². The van der Waals surface area contributed by atoms with E-state index in [0.717, 1.165) is 42.2 Å². The fourth-order valence-electron chi connectivity index (χ4n) is 12.3. The Morgan fingerprint density at radius 1 is 0.712 bits per heavy atom. The summed E-state index contributed by atoms with van der Waals surface area (Å²) in [4.78, 5) is 20.6. The van der Waals surface area contributed by atoms with Crippen LogP contribution in [0.25, 0.3) is 5.57 Å². The van der Waals surface area contributed by atoms with Crippen molar-refractivity contribution in [2.75, 3.05) is 19.6 Å². The van der Waals surface area contributed by atoms with Crippen molar-refractivity contribution < 1.29 is 0 Å². The molecule has 1 fully saturated rings. The van der Waals surface area contributed by atoms with Gasteiger partial charge in [-0.25, -0.2) is 9.97 Å². The first-order valence-corrected chi connectivity index (χ1v) is 21.8. The lowest BCUT2D eigenvalue weighted by atomic mass is 9.75. The van der Waals surface area contributed by atoms with Gasteiger partial charge in [-0.3, -0.25) is 0 Å². The number of hydrogen-bond donors (Lipinski definition) is 0. The number of benzene rings is 4. The Balaban J connectivity index is 1.28. The molecule has 4 aromatic carbocycles. The minimum Gasteiger partial charge on any atom is -0.322 e. The number of rotatable bonds is 10. The molecule has 0 spiro atoms. The van der Waals surface area contributed by atoms with Gasteiger partial charge in [0.15, 0.2) is 11.6 Å². The molecule has 4 aliphatic rings. The first-order chi connectivity index (χ1) is 28.4. The van der Waals surface area contributed by atoms with Crippen LogP contribution < -0.4 is 19.6 Å². The van der Waals surface area contributed by atoms with Gasteiger partial charge in [0.2, 0.25) is 0 Å². The van der Waals surface area contributed by atoms with Gasteiger partial charge in [0.05, 0.1) is 0 Å². The van der Waals surface area contributed by atoms with E-state index in [1.807, 2.05) is 12.4 Å².